The third-order valence-electron chi connectivity index (χ3n) is 2.15. The van der Waals surface area contributed by atoms with Gasteiger partial charge in [0.2, 0.25) is 0 Å². The van der Waals surface area contributed by atoms with E-state index < -0.39 is 0 Å². The van der Waals surface area contributed by atoms with Gasteiger partial charge < -0.3 is 0 Å². The molecule has 0 fully saturated rings. The minimum atomic E-state index is 0.248. The summed E-state index contributed by atoms with van der Waals surface area (Å²) in [5.74, 6) is 0. The van der Waals surface area contributed by atoms with Crippen LogP contribution in [0.4, 0.5) is 0 Å². The maximum absolute atomic E-state index is 4.00. The zero-order valence-electron chi connectivity index (χ0n) is 7.51. The highest BCUT2D eigenvalue weighted by atomic mass is 32.1. The minimum absolute atomic E-state index is 0.248. The molecule has 1 heterocycles. The minimum Gasteiger partial charge on any atom is -0.143 e. The highest BCUT2D eigenvalue weighted by molar-refractivity contribution is 7.05. The second-order valence-electron chi connectivity index (χ2n) is 3.42. The van der Waals surface area contributed by atoms with Crippen molar-refractivity contribution in [1.82, 2.24) is 9.59 Å². The van der Waals surface area contributed by atoms with E-state index in [-0.39, 0.29) is 5.41 Å². The molecular weight excluding hydrogens is 156 g/mol. The van der Waals surface area contributed by atoms with Crippen LogP contribution in [0.3, 0.4) is 0 Å². The average molecular weight is 170 g/mol. The lowest BCUT2D eigenvalue weighted by atomic mass is 9.88. The standard InChI is InChI=1S/C8H14N2S/c1-5-8(3,4)7-6(2)9-10-11-7/h5H2,1-4H3. The summed E-state index contributed by atoms with van der Waals surface area (Å²) in [5.41, 5.74) is 1.33. The summed E-state index contributed by atoms with van der Waals surface area (Å²) in [5, 5.41) is 4.00. The van der Waals surface area contributed by atoms with Crippen molar-refractivity contribution in [2.75, 3.05) is 0 Å². The molecule has 0 saturated heterocycles. The smallest absolute Gasteiger partial charge is 0.0762 e. The Morgan fingerprint density at radius 1 is 1.45 bits per heavy atom. The molecule has 0 aliphatic rings. The van der Waals surface area contributed by atoms with Gasteiger partial charge in [-0.1, -0.05) is 25.3 Å². The molecular formula is C8H14N2S. The molecule has 0 atom stereocenters. The fraction of sp³-hybridized carbons (Fsp3) is 0.750. The van der Waals surface area contributed by atoms with Gasteiger partial charge in [-0.05, 0) is 24.9 Å². The van der Waals surface area contributed by atoms with Crippen molar-refractivity contribution in [3.05, 3.63) is 10.6 Å². The highest BCUT2D eigenvalue weighted by Crippen LogP contribution is 2.30. The SMILES string of the molecule is CCC(C)(C)c1snnc1C. The maximum Gasteiger partial charge on any atom is 0.0762 e. The van der Waals surface area contributed by atoms with Crippen LogP contribution < -0.4 is 0 Å². The van der Waals surface area contributed by atoms with Gasteiger partial charge in [0.15, 0.2) is 0 Å². The summed E-state index contributed by atoms with van der Waals surface area (Å²) in [6, 6.07) is 0. The maximum atomic E-state index is 4.00. The first-order valence-corrected chi connectivity index (χ1v) is 4.64. The first-order chi connectivity index (χ1) is 5.08. The second kappa shape index (κ2) is 2.89. The van der Waals surface area contributed by atoms with Gasteiger partial charge in [-0.3, -0.25) is 0 Å². The van der Waals surface area contributed by atoms with Crippen molar-refractivity contribution in [3.63, 3.8) is 0 Å². The Balaban J connectivity index is 3.00. The molecule has 0 aliphatic carbocycles. The first kappa shape index (κ1) is 8.65. The normalized spacial score (nSPS) is 12.0. The van der Waals surface area contributed by atoms with Crippen molar-refractivity contribution in [2.24, 2.45) is 0 Å². The second-order valence-corrected chi connectivity index (χ2v) is 4.18. The van der Waals surface area contributed by atoms with Crippen molar-refractivity contribution in [3.8, 4) is 0 Å². The summed E-state index contributed by atoms with van der Waals surface area (Å²) < 4.78 is 3.93. The van der Waals surface area contributed by atoms with Crippen LogP contribution in [-0.4, -0.2) is 9.59 Å². The predicted octanol–water partition coefficient (Wildman–Crippen LogP) is 2.53. The molecule has 62 valence electrons. The first-order valence-electron chi connectivity index (χ1n) is 3.87. The summed E-state index contributed by atoms with van der Waals surface area (Å²) in [6.07, 6.45) is 1.14. The Hall–Kier alpha value is -0.440. The summed E-state index contributed by atoms with van der Waals surface area (Å²) in [7, 11) is 0. The monoisotopic (exact) mass is 170 g/mol. The van der Waals surface area contributed by atoms with Crippen LogP contribution in [0, 0.1) is 6.92 Å². The van der Waals surface area contributed by atoms with E-state index in [0.717, 1.165) is 12.1 Å². The van der Waals surface area contributed by atoms with Crippen LogP contribution in [0.5, 0.6) is 0 Å². The molecule has 0 aliphatic heterocycles. The lowest BCUT2D eigenvalue weighted by molar-refractivity contribution is 0.513. The Kier molecular flexibility index (Phi) is 2.28. The molecule has 0 spiro atoms. The Morgan fingerprint density at radius 3 is 2.45 bits per heavy atom. The number of aromatic nitrogens is 2. The largest absolute Gasteiger partial charge is 0.143 e. The number of rotatable bonds is 2. The predicted molar refractivity (Wildman–Crippen MR) is 48.0 cm³/mol. The van der Waals surface area contributed by atoms with E-state index in [2.05, 4.69) is 30.4 Å². The van der Waals surface area contributed by atoms with Gasteiger partial charge in [0.1, 0.15) is 0 Å². The van der Waals surface area contributed by atoms with Crippen LogP contribution in [0.25, 0.3) is 0 Å². The van der Waals surface area contributed by atoms with Gasteiger partial charge in [-0.2, -0.15) is 0 Å². The molecule has 1 aromatic rings. The number of aryl methyl sites for hydroxylation is 1. The fourth-order valence-corrected chi connectivity index (χ4v) is 1.82. The summed E-state index contributed by atoms with van der Waals surface area (Å²) in [6.45, 7) is 8.68. The van der Waals surface area contributed by atoms with Crippen molar-refractivity contribution >= 4 is 11.5 Å². The van der Waals surface area contributed by atoms with Gasteiger partial charge in [-0.25, -0.2) is 0 Å². The van der Waals surface area contributed by atoms with E-state index in [1.165, 1.54) is 16.4 Å². The van der Waals surface area contributed by atoms with E-state index in [9.17, 15) is 0 Å². The van der Waals surface area contributed by atoms with E-state index in [0.29, 0.717) is 0 Å². The molecule has 11 heavy (non-hydrogen) atoms. The molecule has 0 amide bonds. The molecule has 0 saturated carbocycles. The molecule has 0 N–H and O–H groups in total. The van der Waals surface area contributed by atoms with Crippen LogP contribution >= 0.6 is 11.5 Å². The van der Waals surface area contributed by atoms with E-state index >= 15 is 0 Å². The Bertz CT molecular complexity index is 240. The third-order valence-corrected chi connectivity index (χ3v) is 3.34. The topological polar surface area (TPSA) is 25.8 Å². The van der Waals surface area contributed by atoms with Crippen LogP contribution in [0.15, 0.2) is 0 Å². The molecule has 1 aromatic heterocycles. The summed E-state index contributed by atoms with van der Waals surface area (Å²) >= 11 is 1.52. The Labute approximate surface area is 71.8 Å². The zero-order chi connectivity index (χ0) is 8.48. The van der Waals surface area contributed by atoms with Crippen molar-refractivity contribution in [1.29, 1.82) is 0 Å². The quantitative estimate of drug-likeness (QED) is 0.681. The van der Waals surface area contributed by atoms with E-state index in [1.54, 1.807) is 0 Å². The summed E-state index contributed by atoms with van der Waals surface area (Å²) in [4.78, 5) is 1.32. The highest BCUT2D eigenvalue weighted by Gasteiger charge is 2.22. The van der Waals surface area contributed by atoms with Crippen molar-refractivity contribution in [2.45, 2.75) is 39.5 Å². The lowest BCUT2D eigenvalue weighted by Crippen LogP contribution is -2.14. The lowest BCUT2D eigenvalue weighted by Gasteiger charge is -2.20. The van der Waals surface area contributed by atoms with Gasteiger partial charge in [0, 0.05) is 5.41 Å². The molecule has 1 rings (SSSR count). The van der Waals surface area contributed by atoms with Crippen LogP contribution in [0.2, 0.25) is 0 Å². The zero-order valence-corrected chi connectivity index (χ0v) is 8.33. The molecule has 0 bridgehead atoms. The van der Waals surface area contributed by atoms with E-state index in [4.69, 9.17) is 0 Å². The molecule has 2 nitrogen and oxygen atoms in total. The number of hydrogen-bond donors (Lipinski definition) is 0. The third kappa shape index (κ3) is 1.59. The van der Waals surface area contributed by atoms with Crippen molar-refractivity contribution < 1.29 is 0 Å². The number of hydrogen-bond acceptors (Lipinski definition) is 3. The van der Waals surface area contributed by atoms with Gasteiger partial charge in [0.05, 0.1) is 10.6 Å². The average Bonchev–Trinajstić information content (AvgIpc) is 2.36. The van der Waals surface area contributed by atoms with Gasteiger partial charge in [-0.15, -0.1) is 5.10 Å². The van der Waals surface area contributed by atoms with Crippen LogP contribution in [0.1, 0.15) is 37.8 Å². The van der Waals surface area contributed by atoms with Crippen LogP contribution in [-0.2, 0) is 5.41 Å². The van der Waals surface area contributed by atoms with Gasteiger partial charge in [0.25, 0.3) is 0 Å². The molecule has 3 heteroatoms. The molecule has 0 unspecified atom stereocenters. The Morgan fingerprint density at radius 2 is 2.09 bits per heavy atom. The van der Waals surface area contributed by atoms with E-state index in [1.807, 2.05) is 6.92 Å². The molecule has 0 aromatic carbocycles. The van der Waals surface area contributed by atoms with Gasteiger partial charge >= 0.3 is 0 Å². The fourth-order valence-electron chi connectivity index (χ4n) is 1.01. The number of nitrogens with zero attached hydrogens (tertiary/aromatic N) is 2. The molecule has 0 radical (unpaired) electrons.